The van der Waals surface area contributed by atoms with Crippen LogP contribution in [0.3, 0.4) is 0 Å². The summed E-state index contributed by atoms with van der Waals surface area (Å²) >= 11 is 1.47. The van der Waals surface area contributed by atoms with E-state index >= 15 is 4.39 Å². The lowest BCUT2D eigenvalue weighted by molar-refractivity contribution is 0.139. The predicted molar refractivity (Wildman–Crippen MR) is 167 cm³/mol. The van der Waals surface area contributed by atoms with E-state index in [1.807, 2.05) is 42.8 Å². The first-order valence-corrected chi connectivity index (χ1v) is 15.1. The molecule has 0 fully saturated rings. The summed E-state index contributed by atoms with van der Waals surface area (Å²) in [6, 6.07) is 11.7. The Hall–Kier alpha value is -4.94. The molecule has 4 aromatic heterocycles. The number of hydrogen-bond donors (Lipinski definition) is 1. The molecule has 12 heteroatoms. The van der Waals surface area contributed by atoms with Gasteiger partial charge in [0.15, 0.2) is 0 Å². The van der Waals surface area contributed by atoms with Gasteiger partial charge in [0.25, 0.3) is 0 Å². The fraction of sp³-hybridized carbons (Fsp3) is 0.212. The Morgan fingerprint density at radius 1 is 1.04 bits per heavy atom. The Bertz CT molecular complexity index is 2110. The Kier molecular flexibility index (Phi) is 7.38. The number of carboxylic acid groups (broad SMARTS) is 1. The third-order valence-corrected chi connectivity index (χ3v) is 8.95. The fourth-order valence-corrected chi connectivity index (χ4v) is 6.78. The normalized spacial score (nSPS) is 13.0. The second-order valence-corrected chi connectivity index (χ2v) is 11.7. The first-order chi connectivity index (χ1) is 21.8. The van der Waals surface area contributed by atoms with Crippen molar-refractivity contribution < 1.29 is 28.2 Å². The molecule has 9 nitrogen and oxygen atoms in total. The Labute approximate surface area is 260 Å². The van der Waals surface area contributed by atoms with Crippen molar-refractivity contribution in [3.8, 4) is 39.4 Å². The van der Waals surface area contributed by atoms with E-state index in [1.54, 1.807) is 17.1 Å². The molecule has 0 aliphatic carbocycles. The first-order valence-electron chi connectivity index (χ1n) is 14.2. The largest absolute Gasteiger partial charge is 0.490 e. The zero-order chi connectivity index (χ0) is 31.2. The van der Waals surface area contributed by atoms with E-state index in [4.69, 9.17) is 14.5 Å². The van der Waals surface area contributed by atoms with Crippen molar-refractivity contribution in [2.45, 2.75) is 13.0 Å². The fourth-order valence-electron chi connectivity index (χ4n) is 5.86. The lowest BCUT2D eigenvalue weighted by atomic mass is 9.92. The highest BCUT2D eigenvalue weighted by molar-refractivity contribution is 7.17. The molecule has 228 valence electrons. The van der Waals surface area contributed by atoms with Crippen LogP contribution in [-0.4, -0.2) is 62.7 Å². The lowest BCUT2D eigenvalue weighted by Crippen LogP contribution is -2.35. The van der Waals surface area contributed by atoms with E-state index in [0.717, 1.165) is 44.6 Å². The van der Waals surface area contributed by atoms with E-state index < -0.39 is 17.7 Å². The number of carbonyl (C=O) groups is 1. The van der Waals surface area contributed by atoms with Crippen LogP contribution in [0.15, 0.2) is 60.2 Å². The number of rotatable bonds is 7. The summed E-state index contributed by atoms with van der Waals surface area (Å²) in [4.78, 5) is 23.0. The average molecular weight is 628 g/mol. The van der Waals surface area contributed by atoms with Gasteiger partial charge in [0.05, 0.1) is 46.5 Å². The Balaban J connectivity index is 1.51. The van der Waals surface area contributed by atoms with Gasteiger partial charge in [-0.1, -0.05) is 6.07 Å². The Morgan fingerprint density at radius 3 is 2.73 bits per heavy atom. The zero-order valence-electron chi connectivity index (χ0n) is 24.4. The van der Waals surface area contributed by atoms with Crippen molar-refractivity contribution >= 4 is 38.4 Å². The van der Waals surface area contributed by atoms with E-state index in [1.165, 1.54) is 23.3 Å². The minimum Gasteiger partial charge on any atom is -0.490 e. The van der Waals surface area contributed by atoms with Crippen LogP contribution in [0.1, 0.15) is 11.3 Å². The van der Waals surface area contributed by atoms with Gasteiger partial charge in [-0.15, -0.1) is 11.3 Å². The SMILES string of the molecule is COCCOc1cc(F)cc(F)c1-c1c(-c2cnc3c(c2)CN(C(=O)O)CC3)nc(-c2ccc3c(cnn3C)c2)c2sccc12. The Morgan fingerprint density at radius 2 is 1.91 bits per heavy atom. The van der Waals surface area contributed by atoms with Crippen molar-refractivity contribution in [1.29, 1.82) is 0 Å². The molecule has 1 amide bonds. The van der Waals surface area contributed by atoms with Crippen LogP contribution in [-0.2, 0) is 24.8 Å². The molecular formula is C33H27F2N5O4S. The third-order valence-electron chi connectivity index (χ3n) is 8.03. The zero-order valence-corrected chi connectivity index (χ0v) is 25.2. The van der Waals surface area contributed by atoms with Gasteiger partial charge < -0.3 is 19.5 Å². The van der Waals surface area contributed by atoms with Gasteiger partial charge in [-0.2, -0.15) is 5.10 Å². The molecular weight excluding hydrogens is 600 g/mol. The molecule has 0 radical (unpaired) electrons. The quantitative estimate of drug-likeness (QED) is 0.192. The summed E-state index contributed by atoms with van der Waals surface area (Å²) in [5.74, 6) is -1.55. The van der Waals surface area contributed by atoms with E-state index in [9.17, 15) is 14.3 Å². The number of ether oxygens (including phenoxy) is 2. The van der Waals surface area contributed by atoms with Gasteiger partial charge in [0.1, 0.15) is 24.0 Å². The molecule has 1 aliphatic rings. The molecule has 0 bridgehead atoms. The number of fused-ring (bicyclic) bond motifs is 3. The number of methoxy groups -OCH3 is 1. The predicted octanol–water partition coefficient (Wildman–Crippen LogP) is 6.92. The lowest BCUT2D eigenvalue weighted by Gasteiger charge is -2.26. The minimum atomic E-state index is -1.01. The van der Waals surface area contributed by atoms with Gasteiger partial charge >= 0.3 is 6.09 Å². The standard InChI is InChI=1S/C33H27F2N5O4S/c1-39-26-4-3-18(11-19(26)16-37-39)31-32-23(6-10-45-32)28(29-24(35)13-22(34)14-27(29)44-9-8-43-2)30(38-31)20-12-21-17-40(33(41)42)7-5-25(21)36-15-20/h3-4,6,10-16H,5,7-9,17H2,1-2H3,(H,41,42). The van der Waals surface area contributed by atoms with Gasteiger partial charge in [-0.3, -0.25) is 9.67 Å². The maximum absolute atomic E-state index is 16.0. The van der Waals surface area contributed by atoms with Crippen LogP contribution in [0.5, 0.6) is 5.75 Å². The number of hydrogen-bond acceptors (Lipinski definition) is 7. The number of halogens is 2. The van der Waals surface area contributed by atoms with E-state index in [2.05, 4.69) is 10.1 Å². The monoisotopic (exact) mass is 627 g/mol. The molecule has 0 atom stereocenters. The highest BCUT2D eigenvalue weighted by Gasteiger charge is 2.27. The van der Waals surface area contributed by atoms with Gasteiger partial charge in [0, 0.05) is 78.6 Å². The first kappa shape index (κ1) is 28.8. The third kappa shape index (κ3) is 5.15. The number of thiophene rings is 1. The number of pyridine rings is 2. The molecule has 2 aromatic carbocycles. The average Bonchev–Trinajstić information content (AvgIpc) is 3.67. The molecule has 7 rings (SSSR count). The summed E-state index contributed by atoms with van der Waals surface area (Å²) in [5.41, 5.74) is 5.50. The topological polar surface area (TPSA) is 103 Å². The van der Waals surface area contributed by atoms with Crippen molar-refractivity contribution in [2.75, 3.05) is 26.9 Å². The molecule has 0 unspecified atom stereocenters. The number of aromatic nitrogens is 4. The summed E-state index contributed by atoms with van der Waals surface area (Å²) in [6.45, 7) is 0.822. The molecule has 0 saturated heterocycles. The van der Waals surface area contributed by atoms with Gasteiger partial charge in [0.2, 0.25) is 0 Å². The van der Waals surface area contributed by atoms with E-state index in [-0.39, 0.29) is 31.1 Å². The van der Waals surface area contributed by atoms with Gasteiger partial charge in [-0.25, -0.2) is 18.6 Å². The maximum atomic E-state index is 16.0. The summed E-state index contributed by atoms with van der Waals surface area (Å²) in [7, 11) is 3.40. The van der Waals surface area contributed by atoms with Crippen LogP contribution < -0.4 is 4.74 Å². The highest BCUT2D eigenvalue weighted by atomic mass is 32.1. The van der Waals surface area contributed by atoms with Crippen molar-refractivity contribution in [1.82, 2.24) is 24.6 Å². The summed E-state index contributed by atoms with van der Waals surface area (Å²) in [5, 5.41) is 17.6. The second kappa shape index (κ2) is 11.5. The molecule has 1 aliphatic heterocycles. The highest BCUT2D eigenvalue weighted by Crippen LogP contribution is 2.47. The van der Waals surface area contributed by atoms with Crippen LogP contribution in [0.2, 0.25) is 0 Å². The summed E-state index contributed by atoms with van der Waals surface area (Å²) < 4.78 is 44.2. The molecule has 0 saturated carbocycles. The number of amides is 1. The van der Waals surface area contributed by atoms with Crippen molar-refractivity contribution in [3.63, 3.8) is 0 Å². The number of nitrogens with zero attached hydrogens (tertiary/aromatic N) is 5. The summed E-state index contributed by atoms with van der Waals surface area (Å²) in [6.07, 6.45) is 2.94. The number of aryl methyl sites for hydroxylation is 1. The minimum absolute atomic E-state index is 0.0209. The van der Waals surface area contributed by atoms with Gasteiger partial charge in [-0.05, 0) is 35.2 Å². The van der Waals surface area contributed by atoms with Crippen molar-refractivity contribution in [2.24, 2.45) is 7.05 Å². The second-order valence-electron chi connectivity index (χ2n) is 10.8. The van der Waals surface area contributed by atoms with Crippen molar-refractivity contribution in [3.05, 3.63) is 83.1 Å². The van der Waals surface area contributed by atoms with E-state index in [0.29, 0.717) is 40.9 Å². The van der Waals surface area contributed by atoms with Crippen LogP contribution in [0.25, 0.3) is 54.6 Å². The number of benzene rings is 2. The van der Waals surface area contributed by atoms with Crippen LogP contribution in [0.4, 0.5) is 13.6 Å². The molecule has 6 aromatic rings. The molecule has 5 heterocycles. The van der Waals surface area contributed by atoms with Crippen LogP contribution >= 0.6 is 11.3 Å². The molecule has 45 heavy (non-hydrogen) atoms. The molecule has 1 N–H and O–H groups in total. The maximum Gasteiger partial charge on any atom is 0.407 e. The molecule has 0 spiro atoms. The smallest absolute Gasteiger partial charge is 0.407 e. The van der Waals surface area contributed by atoms with Crippen LogP contribution in [0, 0.1) is 11.6 Å².